The molecule has 0 aromatic heterocycles. The first kappa shape index (κ1) is 8.05. The Morgan fingerprint density at radius 1 is 1.58 bits per heavy atom. The Hall–Kier alpha value is -0.570. The molecule has 1 aliphatic heterocycles. The zero-order chi connectivity index (χ0) is 8.93. The van der Waals surface area contributed by atoms with Gasteiger partial charge in [0, 0.05) is 0 Å². The number of carbonyl (C=O) groups excluding carboxylic acids is 1. The van der Waals surface area contributed by atoms with Crippen molar-refractivity contribution in [1.82, 2.24) is 5.32 Å². The van der Waals surface area contributed by atoms with Gasteiger partial charge in [0.1, 0.15) is 6.04 Å². The Labute approximate surface area is 72.5 Å². The van der Waals surface area contributed by atoms with E-state index in [4.69, 9.17) is 4.74 Å². The molecular weight excluding hydrogens is 154 g/mol. The molecule has 0 aromatic carbocycles. The third-order valence-corrected chi connectivity index (χ3v) is 3.51. The fourth-order valence-corrected chi connectivity index (χ4v) is 2.58. The van der Waals surface area contributed by atoms with E-state index in [0.29, 0.717) is 17.3 Å². The van der Waals surface area contributed by atoms with E-state index < -0.39 is 0 Å². The van der Waals surface area contributed by atoms with Crippen molar-refractivity contribution in [2.24, 2.45) is 17.3 Å². The van der Waals surface area contributed by atoms with Crippen LogP contribution in [0.2, 0.25) is 0 Å². The second kappa shape index (κ2) is 2.22. The van der Waals surface area contributed by atoms with Crippen LogP contribution in [0.5, 0.6) is 0 Å². The molecule has 3 atom stereocenters. The van der Waals surface area contributed by atoms with E-state index in [2.05, 4.69) is 19.2 Å². The fourth-order valence-electron chi connectivity index (χ4n) is 2.58. The van der Waals surface area contributed by atoms with Crippen molar-refractivity contribution in [1.29, 1.82) is 0 Å². The highest BCUT2D eigenvalue weighted by atomic mass is 16.5. The molecule has 1 heterocycles. The lowest BCUT2D eigenvalue weighted by Gasteiger charge is -2.16. The Morgan fingerprint density at radius 3 is 2.67 bits per heavy atom. The van der Waals surface area contributed by atoms with Crippen LogP contribution in [0.4, 0.5) is 0 Å². The van der Waals surface area contributed by atoms with Gasteiger partial charge in [-0.05, 0) is 23.8 Å². The Balaban J connectivity index is 2.08. The number of ether oxygens (including phenoxy) is 1. The second-order valence-electron chi connectivity index (χ2n) is 4.36. The van der Waals surface area contributed by atoms with Crippen LogP contribution in [-0.2, 0) is 9.53 Å². The number of rotatable bonds is 1. The van der Waals surface area contributed by atoms with E-state index >= 15 is 0 Å². The van der Waals surface area contributed by atoms with Crippen LogP contribution < -0.4 is 5.32 Å². The molecule has 1 saturated heterocycles. The lowest BCUT2D eigenvalue weighted by atomic mass is 10.0. The van der Waals surface area contributed by atoms with Crippen molar-refractivity contribution >= 4 is 5.97 Å². The van der Waals surface area contributed by atoms with Gasteiger partial charge in [-0.15, -0.1) is 0 Å². The molecule has 68 valence electrons. The van der Waals surface area contributed by atoms with Crippen LogP contribution >= 0.6 is 0 Å². The largest absolute Gasteiger partial charge is 0.468 e. The normalized spacial score (nSPS) is 42.1. The van der Waals surface area contributed by atoms with Gasteiger partial charge >= 0.3 is 5.97 Å². The molecular formula is C9H15NO2. The maximum atomic E-state index is 11.3. The third kappa shape index (κ3) is 0.829. The highest BCUT2D eigenvalue weighted by molar-refractivity contribution is 5.77. The Kier molecular flexibility index (Phi) is 1.49. The first-order valence-electron chi connectivity index (χ1n) is 4.40. The number of piperidine rings is 1. The van der Waals surface area contributed by atoms with E-state index in [1.807, 2.05) is 0 Å². The third-order valence-electron chi connectivity index (χ3n) is 3.51. The zero-order valence-electron chi connectivity index (χ0n) is 7.76. The van der Waals surface area contributed by atoms with Crippen molar-refractivity contribution in [3.63, 3.8) is 0 Å². The Morgan fingerprint density at radius 2 is 2.25 bits per heavy atom. The second-order valence-corrected chi connectivity index (χ2v) is 4.36. The van der Waals surface area contributed by atoms with Gasteiger partial charge in [0.25, 0.3) is 0 Å². The molecule has 0 unspecified atom stereocenters. The molecule has 2 aliphatic rings. The number of fused-ring (bicyclic) bond motifs is 1. The molecule has 3 heteroatoms. The quantitative estimate of drug-likeness (QED) is 0.577. The highest BCUT2D eigenvalue weighted by Gasteiger charge is 2.66. The minimum Gasteiger partial charge on any atom is -0.468 e. The summed E-state index contributed by atoms with van der Waals surface area (Å²) in [6.45, 7) is 5.41. The van der Waals surface area contributed by atoms with Gasteiger partial charge in [-0.3, -0.25) is 4.79 Å². The number of esters is 1. The molecule has 2 fully saturated rings. The average Bonchev–Trinajstić information content (AvgIpc) is 2.52. The van der Waals surface area contributed by atoms with Crippen molar-refractivity contribution in [2.45, 2.75) is 19.9 Å². The van der Waals surface area contributed by atoms with Gasteiger partial charge < -0.3 is 10.1 Å². The number of methoxy groups -OCH3 is 1. The lowest BCUT2D eigenvalue weighted by molar-refractivity contribution is -0.143. The van der Waals surface area contributed by atoms with E-state index in [9.17, 15) is 4.79 Å². The van der Waals surface area contributed by atoms with Crippen LogP contribution in [-0.4, -0.2) is 25.7 Å². The molecule has 0 amide bonds. The number of carbonyl (C=O) groups is 1. The lowest BCUT2D eigenvalue weighted by Crippen LogP contribution is -2.38. The summed E-state index contributed by atoms with van der Waals surface area (Å²) in [6, 6.07) is -0.0463. The average molecular weight is 169 g/mol. The van der Waals surface area contributed by atoms with E-state index in [-0.39, 0.29) is 12.0 Å². The molecule has 1 aliphatic carbocycles. The van der Waals surface area contributed by atoms with Crippen molar-refractivity contribution in [3.05, 3.63) is 0 Å². The summed E-state index contributed by atoms with van der Waals surface area (Å²) in [5.74, 6) is 1.08. The van der Waals surface area contributed by atoms with E-state index in [0.717, 1.165) is 6.54 Å². The number of hydrogen-bond acceptors (Lipinski definition) is 3. The molecule has 12 heavy (non-hydrogen) atoms. The van der Waals surface area contributed by atoms with Gasteiger partial charge in [0.2, 0.25) is 0 Å². The number of hydrogen-bond donors (Lipinski definition) is 1. The predicted octanol–water partition coefficient (Wildman–Crippen LogP) is 0.403. The maximum absolute atomic E-state index is 11.3. The van der Waals surface area contributed by atoms with Gasteiger partial charge in [0.05, 0.1) is 7.11 Å². The molecule has 2 rings (SSSR count). The van der Waals surface area contributed by atoms with Crippen LogP contribution in [0.15, 0.2) is 0 Å². The first-order chi connectivity index (χ1) is 5.59. The standard InChI is InChI=1S/C9H15NO2/c1-9(2)5-4-10-7(6(5)9)8(11)12-3/h5-7,10H,4H2,1-3H3/t5-,6-,7+/m0/s1. The van der Waals surface area contributed by atoms with Crippen LogP contribution in [0.1, 0.15) is 13.8 Å². The summed E-state index contributed by atoms with van der Waals surface area (Å²) in [5, 5.41) is 3.19. The number of nitrogens with one attached hydrogen (secondary N) is 1. The molecule has 0 bridgehead atoms. The summed E-state index contributed by atoms with van der Waals surface area (Å²) < 4.78 is 4.72. The van der Waals surface area contributed by atoms with E-state index in [1.165, 1.54) is 7.11 Å². The Bertz CT molecular complexity index is 225. The van der Waals surface area contributed by atoms with Crippen molar-refractivity contribution in [3.8, 4) is 0 Å². The zero-order valence-corrected chi connectivity index (χ0v) is 7.76. The van der Waals surface area contributed by atoms with E-state index in [1.54, 1.807) is 0 Å². The fraction of sp³-hybridized carbons (Fsp3) is 0.889. The van der Waals surface area contributed by atoms with Gasteiger partial charge in [-0.1, -0.05) is 13.8 Å². The highest BCUT2D eigenvalue weighted by Crippen LogP contribution is 2.62. The summed E-state index contributed by atoms with van der Waals surface area (Å²) >= 11 is 0. The molecule has 0 spiro atoms. The molecule has 0 radical (unpaired) electrons. The minimum absolute atomic E-state index is 0.0463. The summed E-state index contributed by atoms with van der Waals surface area (Å²) in [6.07, 6.45) is 0. The predicted molar refractivity (Wildman–Crippen MR) is 44.6 cm³/mol. The SMILES string of the molecule is COC(=O)[C@@H]1NC[C@H]2[C@@H]1C2(C)C. The molecule has 0 aromatic rings. The van der Waals surface area contributed by atoms with Crippen molar-refractivity contribution < 1.29 is 9.53 Å². The molecule has 1 N–H and O–H groups in total. The summed E-state index contributed by atoms with van der Waals surface area (Å²) in [7, 11) is 1.45. The van der Waals surface area contributed by atoms with Gasteiger partial charge in [-0.2, -0.15) is 0 Å². The van der Waals surface area contributed by atoms with Crippen LogP contribution in [0.3, 0.4) is 0 Å². The topological polar surface area (TPSA) is 38.3 Å². The smallest absolute Gasteiger partial charge is 0.323 e. The maximum Gasteiger partial charge on any atom is 0.323 e. The first-order valence-corrected chi connectivity index (χ1v) is 4.40. The monoisotopic (exact) mass is 169 g/mol. The summed E-state index contributed by atoms with van der Waals surface area (Å²) in [4.78, 5) is 11.3. The molecule has 3 nitrogen and oxygen atoms in total. The van der Waals surface area contributed by atoms with Crippen LogP contribution in [0.25, 0.3) is 0 Å². The minimum atomic E-state index is -0.104. The molecule has 1 saturated carbocycles. The van der Waals surface area contributed by atoms with Gasteiger partial charge in [0.15, 0.2) is 0 Å². The van der Waals surface area contributed by atoms with Crippen LogP contribution in [0, 0.1) is 17.3 Å². The van der Waals surface area contributed by atoms with Crippen molar-refractivity contribution in [2.75, 3.05) is 13.7 Å². The summed E-state index contributed by atoms with van der Waals surface area (Å²) in [5.41, 5.74) is 0.351. The van der Waals surface area contributed by atoms with Gasteiger partial charge in [-0.25, -0.2) is 0 Å².